The molecule has 0 atom stereocenters. The van der Waals surface area contributed by atoms with Crippen LogP contribution in [0.3, 0.4) is 0 Å². The molecule has 0 aliphatic heterocycles. The fraction of sp³-hybridized carbons (Fsp3) is 0.273. The van der Waals surface area contributed by atoms with Crippen molar-refractivity contribution in [2.75, 3.05) is 0 Å². The van der Waals surface area contributed by atoms with E-state index in [1.165, 1.54) is 26.0 Å². The van der Waals surface area contributed by atoms with Gasteiger partial charge < -0.3 is 9.52 Å². The number of benzene rings is 1. The van der Waals surface area contributed by atoms with Crippen molar-refractivity contribution in [2.24, 2.45) is 0 Å². The van der Waals surface area contributed by atoms with E-state index in [9.17, 15) is 9.59 Å². The zero-order valence-corrected chi connectivity index (χ0v) is 9.99. The molecule has 0 spiro atoms. The van der Waals surface area contributed by atoms with Gasteiger partial charge in [-0.2, -0.15) is 0 Å². The summed E-state index contributed by atoms with van der Waals surface area (Å²) < 4.78 is 6.06. The van der Waals surface area contributed by atoms with E-state index in [2.05, 4.69) is 0 Å². The Morgan fingerprint density at radius 2 is 2.12 bits per heavy atom. The molecule has 5 nitrogen and oxygen atoms in total. The average molecular weight is 256 g/mol. The van der Waals surface area contributed by atoms with Gasteiger partial charge in [0, 0.05) is 5.02 Å². The van der Waals surface area contributed by atoms with Crippen molar-refractivity contribution in [3.63, 3.8) is 0 Å². The molecule has 0 aliphatic rings. The number of oxazole rings is 1. The van der Waals surface area contributed by atoms with Crippen LogP contribution in [0.15, 0.2) is 27.4 Å². The van der Waals surface area contributed by atoms with Gasteiger partial charge in [0.1, 0.15) is 5.54 Å². The van der Waals surface area contributed by atoms with Crippen LogP contribution in [-0.2, 0) is 10.3 Å². The molecule has 2 aromatic rings. The number of aliphatic carboxylic acids is 1. The van der Waals surface area contributed by atoms with Crippen molar-refractivity contribution in [1.82, 2.24) is 4.57 Å². The van der Waals surface area contributed by atoms with Gasteiger partial charge in [0.2, 0.25) is 0 Å². The van der Waals surface area contributed by atoms with Gasteiger partial charge in [-0.1, -0.05) is 11.6 Å². The maximum atomic E-state index is 11.7. The van der Waals surface area contributed by atoms with Gasteiger partial charge in [-0.3, -0.25) is 4.57 Å². The highest BCUT2D eigenvalue weighted by atomic mass is 35.5. The zero-order chi connectivity index (χ0) is 12.8. The summed E-state index contributed by atoms with van der Waals surface area (Å²) in [5, 5.41) is 9.54. The van der Waals surface area contributed by atoms with Crippen LogP contribution in [0.2, 0.25) is 5.02 Å². The molecule has 0 bridgehead atoms. The summed E-state index contributed by atoms with van der Waals surface area (Å²) in [6.07, 6.45) is 0. The number of nitrogens with zero attached hydrogens (tertiary/aromatic N) is 1. The summed E-state index contributed by atoms with van der Waals surface area (Å²) in [6.45, 7) is 2.85. The minimum atomic E-state index is -1.40. The van der Waals surface area contributed by atoms with Crippen molar-refractivity contribution < 1.29 is 14.3 Å². The lowest BCUT2D eigenvalue weighted by molar-refractivity contribution is -0.145. The molecule has 90 valence electrons. The fourth-order valence-corrected chi connectivity index (χ4v) is 1.78. The number of halogens is 1. The Bertz CT molecular complexity index is 653. The maximum absolute atomic E-state index is 11.7. The first-order chi connectivity index (χ1) is 7.84. The molecule has 0 saturated heterocycles. The summed E-state index contributed by atoms with van der Waals surface area (Å²) in [6, 6.07) is 4.62. The van der Waals surface area contributed by atoms with Crippen LogP contribution >= 0.6 is 11.6 Å². The van der Waals surface area contributed by atoms with Crippen LogP contribution in [0.5, 0.6) is 0 Å². The van der Waals surface area contributed by atoms with Gasteiger partial charge in [-0.15, -0.1) is 0 Å². The number of hydrogen-bond donors (Lipinski definition) is 1. The Balaban J connectivity index is 2.86. The molecule has 1 heterocycles. The van der Waals surface area contributed by atoms with Gasteiger partial charge in [0.25, 0.3) is 0 Å². The Hall–Kier alpha value is -1.75. The first kappa shape index (κ1) is 11.7. The smallest absolute Gasteiger partial charge is 0.420 e. The molecule has 0 saturated carbocycles. The molecule has 0 radical (unpaired) electrons. The Labute approximate surface area is 101 Å². The van der Waals surface area contributed by atoms with Crippen molar-refractivity contribution in [2.45, 2.75) is 19.4 Å². The van der Waals surface area contributed by atoms with E-state index in [1.807, 2.05) is 0 Å². The minimum Gasteiger partial charge on any atom is -0.480 e. The second kappa shape index (κ2) is 3.63. The van der Waals surface area contributed by atoms with Crippen molar-refractivity contribution >= 4 is 28.7 Å². The first-order valence-electron chi connectivity index (χ1n) is 4.89. The largest absolute Gasteiger partial charge is 0.480 e. The van der Waals surface area contributed by atoms with E-state index in [0.29, 0.717) is 16.1 Å². The van der Waals surface area contributed by atoms with E-state index in [1.54, 1.807) is 6.07 Å². The summed E-state index contributed by atoms with van der Waals surface area (Å²) in [5.41, 5.74) is -0.712. The Kier molecular flexibility index (Phi) is 2.50. The predicted molar refractivity (Wildman–Crippen MR) is 62.4 cm³/mol. The standard InChI is InChI=1S/C11H10ClNO4/c1-11(2,9(14)15)13-7-5-6(12)3-4-8(7)17-10(13)16/h3-5H,1-2H3,(H,14,15). The lowest BCUT2D eigenvalue weighted by atomic mass is 10.1. The van der Waals surface area contributed by atoms with Crippen LogP contribution in [0.25, 0.3) is 11.1 Å². The van der Waals surface area contributed by atoms with E-state index >= 15 is 0 Å². The number of rotatable bonds is 2. The van der Waals surface area contributed by atoms with Crippen LogP contribution in [0.1, 0.15) is 13.8 Å². The Morgan fingerprint density at radius 3 is 2.71 bits per heavy atom. The highest BCUT2D eigenvalue weighted by Gasteiger charge is 2.33. The monoisotopic (exact) mass is 255 g/mol. The van der Waals surface area contributed by atoms with Crippen molar-refractivity contribution in [3.05, 3.63) is 33.8 Å². The summed E-state index contributed by atoms with van der Waals surface area (Å²) in [7, 11) is 0. The number of fused-ring (bicyclic) bond motifs is 1. The predicted octanol–water partition coefficient (Wildman–Crippen LogP) is 2.07. The summed E-state index contributed by atoms with van der Waals surface area (Å²) in [4.78, 5) is 22.9. The summed E-state index contributed by atoms with van der Waals surface area (Å²) in [5.74, 6) is -1.84. The number of hydrogen-bond acceptors (Lipinski definition) is 3. The van der Waals surface area contributed by atoms with Crippen LogP contribution in [-0.4, -0.2) is 15.6 Å². The second-order valence-corrected chi connectivity index (χ2v) is 4.62. The quantitative estimate of drug-likeness (QED) is 0.892. The van der Waals surface area contributed by atoms with Crippen LogP contribution in [0, 0.1) is 0 Å². The highest BCUT2D eigenvalue weighted by Crippen LogP contribution is 2.24. The molecular formula is C11H10ClNO4. The fourth-order valence-electron chi connectivity index (χ4n) is 1.61. The lowest BCUT2D eigenvalue weighted by Crippen LogP contribution is -2.40. The number of carboxylic acid groups (broad SMARTS) is 1. The molecule has 0 aliphatic carbocycles. The third kappa shape index (κ3) is 1.72. The molecule has 2 rings (SSSR count). The zero-order valence-electron chi connectivity index (χ0n) is 9.23. The third-order valence-electron chi connectivity index (χ3n) is 2.62. The van der Waals surface area contributed by atoms with Gasteiger partial charge in [-0.05, 0) is 32.0 Å². The first-order valence-corrected chi connectivity index (χ1v) is 5.27. The maximum Gasteiger partial charge on any atom is 0.420 e. The molecule has 17 heavy (non-hydrogen) atoms. The molecule has 6 heteroatoms. The van der Waals surface area contributed by atoms with E-state index in [-0.39, 0.29) is 0 Å². The number of aromatic nitrogens is 1. The third-order valence-corrected chi connectivity index (χ3v) is 2.86. The molecular weight excluding hydrogens is 246 g/mol. The molecule has 0 fully saturated rings. The topological polar surface area (TPSA) is 72.4 Å². The van der Waals surface area contributed by atoms with Gasteiger partial charge in [-0.25, -0.2) is 9.59 Å². The highest BCUT2D eigenvalue weighted by molar-refractivity contribution is 6.31. The SMILES string of the molecule is CC(C)(C(=O)O)n1c(=O)oc2ccc(Cl)cc21. The summed E-state index contributed by atoms with van der Waals surface area (Å²) >= 11 is 5.83. The normalized spacial score (nSPS) is 11.9. The number of carboxylic acids is 1. The number of carbonyl (C=O) groups is 1. The average Bonchev–Trinajstić information content (AvgIpc) is 2.53. The van der Waals surface area contributed by atoms with Gasteiger partial charge in [0.05, 0.1) is 5.52 Å². The van der Waals surface area contributed by atoms with Crippen molar-refractivity contribution in [1.29, 1.82) is 0 Å². The van der Waals surface area contributed by atoms with Crippen molar-refractivity contribution in [3.8, 4) is 0 Å². The van der Waals surface area contributed by atoms with E-state index in [4.69, 9.17) is 21.1 Å². The molecule has 0 amide bonds. The van der Waals surface area contributed by atoms with Gasteiger partial charge >= 0.3 is 11.7 Å². The molecule has 1 aromatic heterocycles. The van der Waals surface area contributed by atoms with Crippen LogP contribution < -0.4 is 5.76 Å². The second-order valence-electron chi connectivity index (χ2n) is 4.18. The molecule has 1 aromatic carbocycles. The van der Waals surface area contributed by atoms with E-state index in [0.717, 1.165) is 4.57 Å². The van der Waals surface area contributed by atoms with E-state index < -0.39 is 17.3 Å². The molecule has 1 N–H and O–H groups in total. The van der Waals surface area contributed by atoms with Gasteiger partial charge in [0.15, 0.2) is 5.58 Å². The molecule has 0 unspecified atom stereocenters. The minimum absolute atomic E-state index is 0.314. The van der Waals surface area contributed by atoms with Crippen LogP contribution in [0.4, 0.5) is 0 Å². The lowest BCUT2D eigenvalue weighted by Gasteiger charge is -2.20. The Morgan fingerprint density at radius 1 is 1.47 bits per heavy atom.